The third-order valence-corrected chi connectivity index (χ3v) is 5.17. The zero-order valence-electron chi connectivity index (χ0n) is 8.59. The van der Waals surface area contributed by atoms with Crippen molar-refractivity contribution in [3.63, 3.8) is 0 Å². The zero-order valence-corrected chi connectivity index (χ0v) is 12.5. The van der Waals surface area contributed by atoms with Crippen LogP contribution < -0.4 is 0 Å². The van der Waals surface area contributed by atoms with Crippen molar-refractivity contribution in [1.29, 1.82) is 0 Å². The molecule has 0 aliphatic carbocycles. The van der Waals surface area contributed by atoms with Gasteiger partial charge >= 0.3 is 0 Å². The van der Waals surface area contributed by atoms with E-state index in [2.05, 4.69) is 15.9 Å². The van der Waals surface area contributed by atoms with Gasteiger partial charge in [-0.2, -0.15) is 0 Å². The van der Waals surface area contributed by atoms with Crippen molar-refractivity contribution in [2.24, 2.45) is 0 Å². The lowest BCUT2D eigenvalue weighted by Crippen LogP contribution is -1.97. The first-order valence-corrected chi connectivity index (χ1v) is 7.39. The van der Waals surface area contributed by atoms with Gasteiger partial charge in [0.25, 0.3) is 0 Å². The second kappa shape index (κ2) is 5.70. The van der Waals surface area contributed by atoms with Gasteiger partial charge in [-0.1, -0.05) is 45.2 Å². The molecule has 1 aromatic carbocycles. The molecule has 0 saturated carbocycles. The van der Waals surface area contributed by atoms with E-state index in [1.807, 2.05) is 12.1 Å². The van der Waals surface area contributed by atoms with E-state index in [1.54, 1.807) is 12.1 Å². The summed E-state index contributed by atoms with van der Waals surface area (Å²) in [7, 11) is 0. The highest BCUT2D eigenvalue weighted by molar-refractivity contribution is 9.09. The Bertz CT molecular complexity index is 507. The molecule has 0 bridgehead atoms. The third kappa shape index (κ3) is 3.22. The van der Waals surface area contributed by atoms with E-state index < -0.39 is 0 Å². The van der Waals surface area contributed by atoms with E-state index in [0.717, 1.165) is 9.21 Å². The minimum absolute atomic E-state index is 0.0226. The summed E-state index contributed by atoms with van der Waals surface area (Å²) in [4.78, 5) is 1.09. The molecule has 0 N–H and O–H groups in total. The van der Waals surface area contributed by atoms with Crippen LogP contribution in [0.2, 0.25) is 9.36 Å². The van der Waals surface area contributed by atoms with Gasteiger partial charge in [-0.15, -0.1) is 11.3 Å². The van der Waals surface area contributed by atoms with E-state index in [1.165, 1.54) is 17.4 Å². The van der Waals surface area contributed by atoms with Crippen molar-refractivity contribution in [1.82, 2.24) is 0 Å². The molecule has 0 nitrogen and oxygen atoms in total. The summed E-state index contributed by atoms with van der Waals surface area (Å²) in [5.41, 5.74) is 0.528. The van der Waals surface area contributed by atoms with Gasteiger partial charge in [0.1, 0.15) is 5.82 Å². The predicted octanol–water partition coefficient (Wildman–Crippen LogP) is 5.87. The molecule has 0 spiro atoms. The fraction of sp³-hybridized carbons (Fsp3) is 0.167. The lowest BCUT2D eigenvalue weighted by molar-refractivity contribution is 0.609. The summed E-state index contributed by atoms with van der Waals surface area (Å²) in [5, 5.41) is 0.456. The van der Waals surface area contributed by atoms with Crippen LogP contribution in [0.3, 0.4) is 0 Å². The van der Waals surface area contributed by atoms with Crippen molar-refractivity contribution in [3.05, 3.63) is 55.9 Å². The van der Waals surface area contributed by atoms with Gasteiger partial charge in [0.05, 0.1) is 9.16 Å². The SMILES string of the molecule is Fc1cccc(Cl)c1CC(Br)c1ccc(Cl)s1. The lowest BCUT2D eigenvalue weighted by atomic mass is 10.1. The molecule has 0 aliphatic rings. The highest BCUT2D eigenvalue weighted by atomic mass is 79.9. The first-order valence-electron chi connectivity index (χ1n) is 4.90. The molecule has 0 aliphatic heterocycles. The van der Waals surface area contributed by atoms with E-state index in [4.69, 9.17) is 23.2 Å². The fourth-order valence-electron chi connectivity index (χ4n) is 1.50. The molecule has 0 fully saturated rings. The maximum atomic E-state index is 13.6. The molecule has 90 valence electrons. The maximum absolute atomic E-state index is 13.6. The average Bonchev–Trinajstić information content (AvgIpc) is 2.70. The number of alkyl halides is 1. The number of hydrogen-bond donors (Lipinski definition) is 0. The van der Waals surface area contributed by atoms with Crippen LogP contribution in [0.4, 0.5) is 4.39 Å². The van der Waals surface area contributed by atoms with Gasteiger partial charge in [-0.25, -0.2) is 4.39 Å². The second-order valence-electron chi connectivity index (χ2n) is 3.51. The summed E-state index contributed by atoms with van der Waals surface area (Å²) < 4.78 is 14.3. The molecule has 17 heavy (non-hydrogen) atoms. The van der Waals surface area contributed by atoms with Crippen LogP contribution in [-0.2, 0) is 6.42 Å². The summed E-state index contributed by atoms with van der Waals surface area (Å²) in [6.07, 6.45) is 0.502. The molecule has 2 aromatic rings. The molecule has 0 saturated heterocycles. The Labute approximate surface area is 121 Å². The van der Waals surface area contributed by atoms with Gasteiger partial charge in [-0.05, 0) is 30.7 Å². The third-order valence-electron chi connectivity index (χ3n) is 2.35. The molecule has 1 atom stereocenters. The number of hydrogen-bond acceptors (Lipinski definition) is 1. The smallest absolute Gasteiger partial charge is 0.127 e. The Hall–Kier alpha value is -0.0900. The minimum Gasteiger partial charge on any atom is -0.207 e. The number of halogens is 4. The van der Waals surface area contributed by atoms with E-state index in [-0.39, 0.29) is 10.6 Å². The molecule has 0 amide bonds. The van der Waals surface area contributed by atoms with Gasteiger partial charge in [0, 0.05) is 15.5 Å². The second-order valence-corrected chi connectivity index (χ2v) is 6.77. The van der Waals surface area contributed by atoms with Gasteiger partial charge in [-0.3, -0.25) is 0 Å². The topological polar surface area (TPSA) is 0 Å². The first kappa shape index (κ1) is 13.3. The fourth-order valence-corrected chi connectivity index (χ4v) is 3.54. The minimum atomic E-state index is -0.274. The molecule has 5 heteroatoms. The van der Waals surface area contributed by atoms with Crippen molar-refractivity contribution in [2.45, 2.75) is 11.2 Å². The summed E-state index contributed by atoms with van der Waals surface area (Å²) in [6.45, 7) is 0. The van der Waals surface area contributed by atoms with E-state index in [0.29, 0.717) is 17.0 Å². The maximum Gasteiger partial charge on any atom is 0.127 e. The Kier molecular flexibility index (Phi) is 4.47. The first-order chi connectivity index (χ1) is 8.08. The van der Waals surface area contributed by atoms with Crippen LogP contribution in [0.1, 0.15) is 15.3 Å². The molecular weight excluding hydrogens is 346 g/mol. The summed E-state index contributed by atoms with van der Waals surface area (Å²) in [6, 6.07) is 8.48. The number of benzene rings is 1. The van der Waals surface area contributed by atoms with E-state index >= 15 is 0 Å². The Morgan fingerprint density at radius 3 is 2.59 bits per heavy atom. The van der Waals surface area contributed by atoms with Crippen LogP contribution >= 0.6 is 50.5 Å². The molecule has 1 aromatic heterocycles. The molecule has 2 rings (SSSR count). The standard InChI is InChI=1S/C12H8BrCl2FS/c13-8(11-4-5-12(15)17-11)6-7-9(14)2-1-3-10(7)16/h1-5,8H,6H2. The predicted molar refractivity (Wildman–Crippen MR) is 76.1 cm³/mol. The van der Waals surface area contributed by atoms with Gasteiger partial charge in [0.2, 0.25) is 0 Å². The Balaban J connectivity index is 2.21. The normalized spacial score (nSPS) is 12.7. The van der Waals surface area contributed by atoms with Gasteiger partial charge in [0.15, 0.2) is 0 Å². The Morgan fingerprint density at radius 1 is 1.24 bits per heavy atom. The van der Waals surface area contributed by atoms with Crippen LogP contribution in [-0.4, -0.2) is 0 Å². The average molecular weight is 354 g/mol. The summed E-state index contributed by atoms with van der Waals surface area (Å²) in [5.74, 6) is -0.274. The monoisotopic (exact) mass is 352 g/mol. The quantitative estimate of drug-likeness (QED) is 0.605. The molecule has 1 unspecified atom stereocenters. The van der Waals surface area contributed by atoms with Crippen LogP contribution in [0.15, 0.2) is 30.3 Å². The summed E-state index contributed by atoms with van der Waals surface area (Å²) >= 11 is 16.9. The van der Waals surface area contributed by atoms with E-state index in [9.17, 15) is 4.39 Å². The number of thiophene rings is 1. The van der Waals surface area contributed by atoms with Crippen molar-refractivity contribution in [2.75, 3.05) is 0 Å². The highest BCUT2D eigenvalue weighted by Gasteiger charge is 2.15. The number of rotatable bonds is 3. The highest BCUT2D eigenvalue weighted by Crippen LogP contribution is 2.36. The van der Waals surface area contributed by atoms with Gasteiger partial charge < -0.3 is 0 Å². The molecule has 1 heterocycles. The molecular formula is C12H8BrCl2FS. The van der Waals surface area contributed by atoms with Crippen molar-refractivity contribution in [3.8, 4) is 0 Å². The zero-order chi connectivity index (χ0) is 12.4. The van der Waals surface area contributed by atoms with Crippen LogP contribution in [0.5, 0.6) is 0 Å². The largest absolute Gasteiger partial charge is 0.207 e. The van der Waals surface area contributed by atoms with Crippen LogP contribution in [0.25, 0.3) is 0 Å². The van der Waals surface area contributed by atoms with Crippen molar-refractivity contribution < 1.29 is 4.39 Å². The van der Waals surface area contributed by atoms with Crippen molar-refractivity contribution >= 4 is 50.5 Å². The Morgan fingerprint density at radius 2 is 2.00 bits per heavy atom. The lowest BCUT2D eigenvalue weighted by Gasteiger charge is -2.10. The van der Waals surface area contributed by atoms with Crippen LogP contribution in [0, 0.1) is 5.82 Å². The molecule has 0 radical (unpaired) electrons.